The second kappa shape index (κ2) is 8.96. The molecule has 1 atom stereocenters. The number of aliphatic hydroxyl groups is 1. The summed E-state index contributed by atoms with van der Waals surface area (Å²) in [4.78, 5) is 16.1. The Labute approximate surface area is 136 Å². The first kappa shape index (κ1) is 17.8. The number of amides is 1. The number of piperazine rings is 1. The predicted octanol–water partition coefficient (Wildman–Crippen LogP) is 0.910. The number of carbonyl (C=O) groups is 1. The van der Waals surface area contributed by atoms with Gasteiger partial charge in [0.25, 0.3) is 0 Å². The molecule has 23 heavy (non-hydrogen) atoms. The summed E-state index contributed by atoms with van der Waals surface area (Å²) >= 11 is 0. The van der Waals surface area contributed by atoms with Crippen LogP contribution in [0.5, 0.6) is 0 Å². The lowest BCUT2D eigenvalue weighted by Crippen LogP contribution is -2.51. The number of aliphatic hydroxyl groups excluding tert-OH is 1. The van der Waals surface area contributed by atoms with Crippen LogP contribution in [0.15, 0.2) is 24.3 Å². The molecule has 1 saturated heterocycles. The zero-order chi connectivity index (χ0) is 16.7. The molecule has 1 aliphatic heterocycles. The normalized spacial score (nSPS) is 17.3. The van der Waals surface area contributed by atoms with E-state index in [9.17, 15) is 14.3 Å². The Kier molecular flexibility index (Phi) is 6.95. The third kappa shape index (κ3) is 5.57. The fraction of sp³-hybridized carbons (Fsp3) is 0.588. The molecule has 2 rings (SSSR count). The monoisotopic (exact) mass is 324 g/mol. The number of hydrogen-bond acceptors (Lipinski definition) is 4. The van der Waals surface area contributed by atoms with E-state index in [1.807, 2.05) is 6.92 Å². The molecule has 0 spiro atoms. The van der Waals surface area contributed by atoms with Crippen LogP contribution >= 0.6 is 0 Å². The summed E-state index contributed by atoms with van der Waals surface area (Å²) in [5.74, 6) is -0.386. The largest absolute Gasteiger partial charge is 0.389 e. The minimum Gasteiger partial charge on any atom is -0.389 e. The first-order chi connectivity index (χ1) is 11.1. The van der Waals surface area contributed by atoms with Gasteiger partial charge in [-0.05, 0) is 18.6 Å². The zero-order valence-corrected chi connectivity index (χ0v) is 13.6. The van der Waals surface area contributed by atoms with Crippen LogP contribution in [-0.2, 0) is 16.0 Å². The van der Waals surface area contributed by atoms with Gasteiger partial charge < -0.3 is 14.7 Å². The first-order valence-corrected chi connectivity index (χ1v) is 8.09. The highest BCUT2D eigenvalue weighted by molar-refractivity contribution is 5.78. The molecule has 1 heterocycles. The van der Waals surface area contributed by atoms with Crippen molar-refractivity contribution in [1.82, 2.24) is 9.80 Å². The van der Waals surface area contributed by atoms with E-state index >= 15 is 0 Å². The molecule has 6 heteroatoms. The minimum absolute atomic E-state index is 0.0513. The third-order valence-electron chi connectivity index (χ3n) is 4.01. The van der Waals surface area contributed by atoms with Crippen molar-refractivity contribution in [3.05, 3.63) is 35.6 Å². The van der Waals surface area contributed by atoms with Gasteiger partial charge >= 0.3 is 0 Å². The van der Waals surface area contributed by atoms with Crippen molar-refractivity contribution in [2.24, 2.45) is 0 Å². The third-order valence-corrected chi connectivity index (χ3v) is 4.01. The van der Waals surface area contributed by atoms with Gasteiger partial charge in [-0.25, -0.2) is 4.39 Å². The average Bonchev–Trinajstić information content (AvgIpc) is 2.55. The van der Waals surface area contributed by atoms with E-state index in [1.54, 1.807) is 23.1 Å². The predicted molar refractivity (Wildman–Crippen MR) is 85.6 cm³/mol. The fourth-order valence-corrected chi connectivity index (χ4v) is 2.70. The highest BCUT2D eigenvalue weighted by Crippen LogP contribution is 2.10. The van der Waals surface area contributed by atoms with Gasteiger partial charge in [0.05, 0.1) is 19.1 Å². The Morgan fingerprint density at radius 2 is 2.00 bits per heavy atom. The number of β-amino-alcohol motifs (C(OH)–C–C–N with tert-alkyl or cyclic N) is 1. The second-order valence-corrected chi connectivity index (χ2v) is 5.76. The topological polar surface area (TPSA) is 53.0 Å². The summed E-state index contributed by atoms with van der Waals surface area (Å²) in [6.07, 6.45) is -0.407. The molecule has 0 bridgehead atoms. The molecule has 0 aliphatic carbocycles. The summed E-state index contributed by atoms with van der Waals surface area (Å²) in [7, 11) is 0. The van der Waals surface area contributed by atoms with Crippen LogP contribution in [0.2, 0.25) is 0 Å². The molecule has 1 aromatic carbocycles. The van der Waals surface area contributed by atoms with E-state index in [1.165, 1.54) is 6.07 Å². The van der Waals surface area contributed by atoms with Crippen molar-refractivity contribution in [1.29, 1.82) is 0 Å². The minimum atomic E-state index is -0.504. The Hall–Kier alpha value is -1.50. The van der Waals surface area contributed by atoms with Crippen LogP contribution in [0.4, 0.5) is 4.39 Å². The van der Waals surface area contributed by atoms with Crippen molar-refractivity contribution in [3.8, 4) is 0 Å². The maximum absolute atomic E-state index is 13.6. The van der Waals surface area contributed by atoms with Gasteiger partial charge in [0, 0.05) is 39.3 Å². The van der Waals surface area contributed by atoms with Crippen LogP contribution in [0.25, 0.3) is 0 Å². The van der Waals surface area contributed by atoms with Gasteiger partial charge in [-0.3, -0.25) is 9.69 Å². The molecule has 1 aliphatic rings. The van der Waals surface area contributed by atoms with E-state index in [-0.39, 0.29) is 18.1 Å². The number of hydrogen-bond donors (Lipinski definition) is 1. The van der Waals surface area contributed by atoms with Gasteiger partial charge in [-0.1, -0.05) is 18.2 Å². The summed E-state index contributed by atoms with van der Waals surface area (Å²) in [6, 6.07) is 6.38. The number of ether oxygens (including phenoxy) is 1. The summed E-state index contributed by atoms with van der Waals surface area (Å²) < 4.78 is 18.8. The molecule has 0 unspecified atom stereocenters. The lowest BCUT2D eigenvalue weighted by molar-refractivity contribution is -0.132. The van der Waals surface area contributed by atoms with Gasteiger partial charge in [0.2, 0.25) is 5.91 Å². The number of carbonyl (C=O) groups excluding carboxylic acids is 1. The summed E-state index contributed by atoms with van der Waals surface area (Å²) in [5, 5.41) is 9.84. The van der Waals surface area contributed by atoms with Crippen molar-refractivity contribution in [3.63, 3.8) is 0 Å². The molecule has 0 saturated carbocycles. The van der Waals surface area contributed by atoms with Gasteiger partial charge in [0.15, 0.2) is 0 Å². The highest BCUT2D eigenvalue weighted by Gasteiger charge is 2.23. The number of rotatable bonds is 7. The number of halogens is 1. The second-order valence-electron chi connectivity index (χ2n) is 5.76. The molecule has 0 radical (unpaired) electrons. The Balaban J connectivity index is 1.75. The van der Waals surface area contributed by atoms with Crippen LogP contribution < -0.4 is 0 Å². The molecular formula is C17H25FN2O3. The molecule has 1 amide bonds. The SMILES string of the molecule is CCOC[C@@H](O)CN1CCN(C(=O)Cc2ccccc2F)CC1. The molecule has 5 nitrogen and oxygen atoms in total. The van der Waals surface area contributed by atoms with Crippen LogP contribution in [0.3, 0.4) is 0 Å². The van der Waals surface area contributed by atoms with Crippen LogP contribution in [-0.4, -0.2) is 72.9 Å². The van der Waals surface area contributed by atoms with E-state index in [2.05, 4.69) is 4.90 Å². The van der Waals surface area contributed by atoms with Gasteiger partial charge in [0.1, 0.15) is 5.82 Å². The quantitative estimate of drug-likeness (QED) is 0.810. The van der Waals surface area contributed by atoms with Crippen molar-refractivity contribution in [2.75, 3.05) is 45.9 Å². The average molecular weight is 324 g/mol. The van der Waals surface area contributed by atoms with E-state index in [0.717, 1.165) is 0 Å². The Bertz CT molecular complexity index is 504. The molecular weight excluding hydrogens is 299 g/mol. The molecule has 1 N–H and O–H groups in total. The first-order valence-electron chi connectivity index (χ1n) is 8.09. The Morgan fingerprint density at radius 1 is 1.30 bits per heavy atom. The fourth-order valence-electron chi connectivity index (χ4n) is 2.70. The van der Waals surface area contributed by atoms with Crippen molar-refractivity contribution in [2.45, 2.75) is 19.4 Å². The lowest BCUT2D eigenvalue weighted by Gasteiger charge is -2.35. The van der Waals surface area contributed by atoms with Gasteiger partial charge in [-0.15, -0.1) is 0 Å². The van der Waals surface area contributed by atoms with Crippen molar-refractivity contribution >= 4 is 5.91 Å². The molecule has 128 valence electrons. The smallest absolute Gasteiger partial charge is 0.227 e. The maximum atomic E-state index is 13.6. The zero-order valence-electron chi connectivity index (χ0n) is 13.6. The lowest BCUT2D eigenvalue weighted by atomic mass is 10.1. The number of benzene rings is 1. The highest BCUT2D eigenvalue weighted by atomic mass is 19.1. The van der Waals surface area contributed by atoms with Crippen LogP contribution in [0.1, 0.15) is 12.5 Å². The maximum Gasteiger partial charge on any atom is 0.227 e. The molecule has 0 aromatic heterocycles. The molecule has 1 fully saturated rings. The summed E-state index contributed by atoms with van der Waals surface area (Å²) in [6.45, 7) is 6.02. The standard InChI is InChI=1S/C17H25FN2O3/c1-2-23-13-15(21)12-19-7-9-20(10-8-19)17(22)11-14-5-3-4-6-16(14)18/h3-6,15,21H,2,7-13H2,1H3/t15-/m0/s1. The van der Waals surface area contributed by atoms with E-state index in [4.69, 9.17) is 4.74 Å². The van der Waals surface area contributed by atoms with E-state index < -0.39 is 6.10 Å². The van der Waals surface area contributed by atoms with Gasteiger partial charge in [-0.2, -0.15) is 0 Å². The van der Waals surface area contributed by atoms with E-state index in [0.29, 0.717) is 51.5 Å². The number of nitrogens with zero attached hydrogens (tertiary/aromatic N) is 2. The Morgan fingerprint density at radius 3 is 2.65 bits per heavy atom. The van der Waals surface area contributed by atoms with Crippen LogP contribution in [0, 0.1) is 5.82 Å². The van der Waals surface area contributed by atoms with Crippen molar-refractivity contribution < 1.29 is 19.0 Å². The summed E-state index contributed by atoms with van der Waals surface area (Å²) in [5.41, 5.74) is 0.437. The molecule has 1 aromatic rings.